The summed E-state index contributed by atoms with van der Waals surface area (Å²) in [5.74, 6) is -0.382. The first kappa shape index (κ1) is 14.7. The molecule has 98 valence electrons. The summed E-state index contributed by atoms with van der Waals surface area (Å²) in [6.07, 6.45) is 0. The summed E-state index contributed by atoms with van der Waals surface area (Å²) in [6.45, 7) is 3.62. The normalized spacial score (nSPS) is 11.8. The summed E-state index contributed by atoms with van der Waals surface area (Å²) in [5, 5.41) is 2.67. The van der Waals surface area contributed by atoms with Crippen molar-refractivity contribution in [2.45, 2.75) is 19.9 Å². The molecule has 18 heavy (non-hydrogen) atoms. The van der Waals surface area contributed by atoms with Gasteiger partial charge in [0, 0.05) is 24.1 Å². The largest absolute Gasteiger partial charge is 0.347 e. The third kappa shape index (κ3) is 3.57. The molecule has 0 aliphatic rings. The minimum absolute atomic E-state index is 0.130. The Balaban J connectivity index is 2.76. The number of halogens is 1. The number of aryl methyl sites for hydroxylation is 1. The highest BCUT2D eigenvalue weighted by atomic mass is 79.9. The van der Waals surface area contributed by atoms with Crippen LogP contribution in [-0.2, 0) is 4.79 Å². The fraction of sp³-hybridized carbons (Fsp3) is 0.385. The van der Waals surface area contributed by atoms with E-state index in [0.29, 0.717) is 5.56 Å². The van der Waals surface area contributed by atoms with Crippen molar-refractivity contribution in [3.8, 4) is 0 Å². The highest BCUT2D eigenvalue weighted by Gasteiger charge is 2.18. The molecule has 0 radical (unpaired) electrons. The van der Waals surface area contributed by atoms with Crippen LogP contribution in [0, 0.1) is 6.92 Å². The molecule has 0 saturated heterocycles. The SMILES string of the molecule is Cc1ccc(C(=O)NC(C)C(=O)N(C)C)cc1Br. The molecule has 5 heteroatoms. The smallest absolute Gasteiger partial charge is 0.251 e. The number of nitrogens with zero attached hydrogens (tertiary/aromatic N) is 1. The Morgan fingerprint density at radius 3 is 2.44 bits per heavy atom. The van der Waals surface area contributed by atoms with Gasteiger partial charge in [0.2, 0.25) is 5.91 Å². The van der Waals surface area contributed by atoms with Crippen LogP contribution >= 0.6 is 15.9 Å². The van der Waals surface area contributed by atoms with Crippen molar-refractivity contribution in [3.05, 3.63) is 33.8 Å². The van der Waals surface area contributed by atoms with E-state index in [0.717, 1.165) is 10.0 Å². The van der Waals surface area contributed by atoms with Crippen LogP contribution < -0.4 is 5.32 Å². The Morgan fingerprint density at radius 2 is 1.94 bits per heavy atom. The summed E-state index contributed by atoms with van der Waals surface area (Å²) >= 11 is 3.38. The highest BCUT2D eigenvalue weighted by Crippen LogP contribution is 2.17. The summed E-state index contributed by atoms with van der Waals surface area (Å²) < 4.78 is 0.877. The molecule has 0 aliphatic carbocycles. The van der Waals surface area contributed by atoms with Crippen molar-refractivity contribution in [2.24, 2.45) is 0 Å². The molecular formula is C13H17BrN2O2. The Kier molecular flexibility index (Phi) is 4.90. The standard InChI is InChI=1S/C13H17BrN2O2/c1-8-5-6-10(7-11(8)14)12(17)15-9(2)13(18)16(3)4/h5-7,9H,1-4H3,(H,15,17). The quantitative estimate of drug-likeness (QED) is 0.927. The number of amides is 2. The first-order valence-electron chi connectivity index (χ1n) is 5.61. The van der Waals surface area contributed by atoms with Gasteiger partial charge in [-0.1, -0.05) is 22.0 Å². The molecule has 0 heterocycles. The summed E-state index contributed by atoms with van der Waals surface area (Å²) in [6, 6.07) is 4.81. The number of carbonyl (C=O) groups excluding carboxylic acids is 2. The zero-order valence-electron chi connectivity index (χ0n) is 11.0. The number of hydrogen-bond acceptors (Lipinski definition) is 2. The number of hydrogen-bond donors (Lipinski definition) is 1. The molecule has 1 aromatic rings. The second-order valence-corrected chi connectivity index (χ2v) is 5.25. The lowest BCUT2D eigenvalue weighted by atomic mass is 10.1. The van der Waals surface area contributed by atoms with Crippen molar-refractivity contribution in [2.75, 3.05) is 14.1 Å². The summed E-state index contributed by atoms with van der Waals surface area (Å²) in [5.41, 5.74) is 1.59. The third-order valence-corrected chi connectivity index (χ3v) is 3.45. The number of rotatable bonds is 3. The molecule has 0 aliphatic heterocycles. The van der Waals surface area contributed by atoms with Crippen molar-refractivity contribution < 1.29 is 9.59 Å². The maximum absolute atomic E-state index is 11.9. The third-order valence-electron chi connectivity index (χ3n) is 2.59. The molecule has 4 nitrogen and oxygen atoms in total. The number of benzene rings is 1. The summed E-state index contributed by atoms with van der Waals surface area (Å²) in [7, 11) is 3.32. The number of nitrogens with one attached hydrogen (secondary N) is 1. The van der Waals surface area contributed by atoms with Crippen molar-refractivity contribution >= 4 is 27.7 Å². The molecule has 1 unspecified atom stereocenters. The average molecular weight is 313 g/mol. The lowest BCUT2D eigenvalue weighted by Crippen LogP contribution is -2.44. The lowest BCUT2D eigenvalue weighted by Gasteiger charge is -2.18. The van der Waals surface area contributed by atoms with E-state index in [1.807, 2.05) is 13.0 Å². The highest BCUT2D eigenvalue weighted by molar-refractivity contribution is 9.10. The van der Waals surface area contributed by atoms with E-state index in [2.05, 4.69) is 21.2 Å². The first-order chi connectivity index (χ1) is 8.32. The van der Waals surface area contributed by atoms with Gasteiger partial charge >= 0.3 is 0 Å². The van der Waals surface area contributed by atoms with Crippen molar-refractivity contribution in [3.63, 3.8) is 0 Å². The van der Waals surface area contributed by atoms with E-state index < -0.39 is 6.04 Å². The van der Waals surface area contributed by atoms with E-state index >= 15 is 0 Å². The van der Waals surface area contributed by atoms with Crippen LogP contribution in [0.5, 0.6) is 0 Å². The summed E-state index contributed by atoms with van der Waals surface area (Å²) in [4.78, 5) is 25.0. The number of likely N-dealkylation sites (N-methyl/N-ethyl adjacent to an activating group) is 1. The minimum Gasteiger partial charge on any atom is -0.347 e. The Morgan fingerprint density at radius 1 is 1.33 bits per heavy atom. The van der Waals surface area contributed by atoms with Gasteiger partial charge in [0.25, 0.3) is 5.91 Å². The zero-order valence-corrected chi connectivity index (χ0v) is 12.5. The van der Waals surface area contributed by atoms with Crippen molar-refractivity contribution in [1.29, 1.82) is 0 Å². The van der Waals surface area contributed by atoms with Gasteiger partial charge in [0.15, 0.2) is 0 Å². The van der Waals surface area contributed by atoms with Crippen LogP contribution in [0.1, 0.15) is 22.8 Å². The maximum atomic E-state index is 11.9. The Bertz CT molecular complexity index is 472. The van der Waals surface area contributed by atoms with Crippen LogP contribution in [0.15, 0.2) is 22.7 Å². The van der Waals surface area contributed by atoms with Gasteiger partial charge in [-0.25, -0.2) is 0 Å². The van der Waals surface area contributed by atoms with Gasteiger partial charge < -0.3 is 10.2 Å². The van der Waals surface area contributed by atoms with E-state index in [9.17, 15) is 9.59 Å². The molecule has 1 N–H and O–H groups in total. The molecule has 2 amide bonds. The van der Waals surface area contributed by atoms with Crippen molar-refractivity contribution in [1.82, 2.24) is 10.2 Å². The Labute approximate surface area is 115 Å². The van der Waals surface area contributed by atoms with Gasteiger partial charge in [0.1, 0.15) is 6.04 Å². The Hall–Kier alpha value is -1.36. The van der Waals surface area contributed by atoms with E-state index in [1.54, 1.807) is 33.2 Å². The second-order valence-electron chi connectivity index (χ2n) is 4.39. The fourth-order valence-electron chi connectivity index (χ4n) is 1.46. The maximum Gasteiger partial charge on any atom is 0.251 e. The van der Waals surface area contributed by atoms with E-state index in [-0.39, 0.29) is 11.8 Å². The molecular weight excluding hydrogens is 296 g/mol. The first-order valence-corrected chi connectivity index (χ1v) is 6.40. The van der Waals surface area contributed by atoms with Crippen LogP contribution in [0.3, 0.4) is 0 Å². The van der Waals surface area contributed by atoms with Crippen LogP contribution in [0.4, 0.5) is 0 Å². The van der Waals surface area contributed by atoms with Gasteiger partial charge in [-0.05, 0) is 31.5 Å². The average Bonchev–Trinajstić information content (AvgIpc) is 2.31. The molecule has 0 spiro atoms. The van der Waals surface area contributed by atoms with Gasteiger partial charge in [0.05, 0.1) is 0 Å². The molecule has 1 atom stereocenters. The van der Waals surface area contributed by atoms with Crippen LogP contribution in [0.2, 0.25) is 0 Å². The van der Waals surface area contributed by atoms with Crippen LogP contribution in [-0.4, -0.2) is 36.9 Å². The topological polar surface area (TPSA) is 49.4 Å². The molecule has 0 fully saturated rings. The van der Waals surface area contributed by atoms with E-state index in [4.69, 9.17) is 0 Å². The van der Waals surface area contributed by atoms with Crippen LogP contribution in [0.25, 0.3) is 0 Å². The van der Waals surface area contributed by atoms with Gasteiger partial charge in [-0.15, -0.1) is 0 Å². The van der Waals surface area contributed by atoms with Gasteiger partial charge in [-0.2, -0.15) is 0 Å². The predicted molar refractivity (Wildman–Crippen MR) is 74.5 cm³/mol. The predicted octanol–water partition coefficient (Wildman–Crippen LogP) is 1.96. The molecule has 0 bridgehead atoms. The molecule has 0 saturated carbocycles. The van der Waals surface area contributed by atoms with E-state index in [1.165, 1.54) is 4.90 Å². The monoisotopic (exact) mass is 312 g/mol. The second kappa shape index (κ2) is 6.00. The molecule has 0 aromatic heterocycles. The fourth-order valence-corrected chi connectivity index (χ4v) is 1.84. The number of carbonyl (C=O) groups is 2. The molecule has 1 aromatic carbocycles. The van der Waals surface area contributed by atoms with Gasteiger partial charge in [-0.3, -0.25) is 9.59 Å². The minimum atomic E-state index is -0.535. The lowest BCUT2D eigenvalue weighted by molar-refractivity contribution is -0.130. The zero-order chi connectivity index (χ0) is 13.9. The molecule has 1 rings (SSSR count).